The van der Waals surface area contributed by atoms with Crippen molar-refractivity contribution < 1.29 is 44.3 Å². The van der Waals surface area contributed by atoms with Crippen LogP contribution in [0.5, 0.6) is 0 Å². The highest BCUT2D eigenvalue weighted by molar-refractivity contribution is 6.24. The van der Waals surface area contributed by atoms with Crippen molar-refractivity contribution in [2.24, 2.45) is 0 Å². The number of halogens is 9. The smallest absolute Gasteiger partial charge is 0.306 e. The van der Waals surface area contributed by atoms with Gasteiger partial charge < -0.3 is 4.80 Å². The van der Waals surface area contributed by atoms with Crippen LogP contribution in [0.4, 0.5) is 39.5 Å². The maximum absolute atomic E-state index is 12.6. The van der Waals surface area contributed by atoms with Gasteiger partial charge in [0.05, 0.1) is 0 Å². The second-order valence-corrected chi connectivity index (χ2v) is 4.27. The van der Waals surface area contributed by atoms with Crippen molar-refractivity contribution in [2.45, 2.75) is 36.4 Å². The summed E-state index contributed by atoms with van der Waals surface area (Å²) in [7, 11) is -2.39. The predicted molar refractivity (Wildman–Crippen MR) is 39.6 cm³/mol. The molecule has 17 heavy (non-hydrogen) atoms. The fraction of sp³-hybridized carbons (Fsp3) is 1.00. The fourth-order valence-corrected chi connectivity index (χ4v) is 1.45. The first-order valence-electron chi connectivity index (χ1n) is 4.09. The van der Waals surface area contributed by atoms with E-state index in [4.69, 9.17) is 0 Å². The van der Waals surface area contributed by atoms with Crippen molar-refractivity contribution in [2.75, 3.05) is 0 Å². The molecule has 0 bridgehead atoms. The molecule has 0 saturated heterocycles. The second-order valence-electron chi connectivity index (χ2n) is 3.16. The SMILES string of the molecule is [O][SiH2]CCC(F)(F)C(F)(F)C(F)(F)C(F)(F)F. The van der Waals surface area contributed by atoms with E-state index in [1.165, 1.54) is 0 Å². The highest BCUT2D eigenvalue weighted by atomic mass is 28.2. The Hall–Kier alpha value is -0.453. The summed E-state index contributed by atoms with van der Waals surface area (Å²) in [4.78, 5) is 9.90. The molecule has 0 saturated carbocycles. The Morgan fingerprint density at radius 3 is 1.47 bits per heavy atom. The molecule has 0 heterocycles. The van der Waals surface area contributed by atoms with Crippen LogP contribution in [0, 0.1) is 0 Å². The standard InChI is InChI=1S/C6H6F9OSi/c7-3(8,1-2-17-16)4(9,10)5(11,12)6(13,14)15/h1-2,17H2. The number of hydrogen-bond acceptors (Lipinski definition) is 0. The van der Waals surface area contributed by atoms with Crippen LogP contribution in [-0.4, -0.2) is 33.7 Å². The summed E-state index contributed by atoms with van der Waals surface area (Å²) < 4.78 is 109. The minimum absolute atomic E-state index is 1.00. The average molecular weight is 293 g/mol. The maximum Gasteiger partial charge on any atom is 0.460 e. The Labute approximate surface area is 91.5 Å². The van der Waals surface area contributed by atoms with E-state index in [0.717, 1.165) is 0 Å². The van der Waals surface area contributed by atoms with E-state index in [-0.39, 0.29) is 0 Å². The molecule has 0 rings (SSSR count). The molecule has 103 valence electrons. The summed E-state index contributed by atoms with van der Waals surface area (Å²) >= 11 is 0. The Morgan fingerprint density at radius 1 is 0.765 bits per heavy atom. The fourth-order valence-electron chi connectivity index (χ4n) is 0.859. The molecule has 0 aromatic rings. The van der Waals surface area contributed by atoms with Crippen LogP contribution in [0.15, 0.2) is 0 Å². The highest BCUT2D eigenvalue weighted by Crippen LogP contribution is 2.54. The Bertz CT molecular complexity index is 261. The van der Waals surface area contributed by atoms with Gasteiger partial charge in [-0.15, -0.1) is 0 Å². The van der Waals surface area contributed by atoms with E-state index in [1.807, 2.05) is 0 Å². The Balaban J connectivity index is 5.24. The Kier molecular flexibility index (Phi) is 4.54. The number of rotatable bonds is 5. The van der Waals surface area contributed by atoms with E-state index in [1.54, 1.807) is 0 Å². The molecule has 0 aromatic heterocycles. The highest BCUT2D eigenvalue weighted by Gasteiger charge is 2.81. The van der Waals surface area contributed by atoms with Crippen molar-refractivity contribution >= 4 is 9.76 Å². The molecule has 11 heteroatoms. The lowest BCUT2D eigenvalue weighted by atomic mass is 10.0. The van der Waals surface area contributed by atoms with Gasteiger partial charge in [-0.25, -0.2) is 0 Å². The molecular formula is C6H6F9OSi. The lowest BCUT2D eigenvalue weighted by Gasteiger charge is -2.33. The molecule has 0 atom stereocenters. The van der Waals surface area contributed by atoms with Crippen LogP contribution >= 0.6 is 0 Å². The molecule has 1 nitrogen and oxygen atoms in total. The van der Waals surface area contributed by atoms with E-state index in [0.29, 0.717) is 0 Å². The van der Waals surface area contributed by atoms with Gasteiger partial charge in [-0.1, -0.05) is 0 Å². The second kappa shape index (κ2) is 4.67. The quantitative estimate of drug-likeness (QED) is 0.549. The Morgan fingerprint density at radius 2 is 1.18 bits per heavy atom. The van der Waals surface area contributed by atoms with Crippen molar-refractivity contribution in [1.29, 1.82) is 0 Å². The summed E-state index contributed by atoms with van der Waals surface area (Å²) in [6.45, 7) is 0. The van der Waals surface area contributed by atoms with Gasteiger partial charge in [0.2, 0.25) is 9.76 Å². The zero-order valence-corrected chi connectivity index (χ0v) is 9.35. The molecule has 1 radical (unpaired) electrons. The minimum atomic E-state index is -6.85. The van der Waals surface area contributed by atoms with E-state index in [2.05, 4.69) is 0 Å². The van der Waals surface area contributed by atoms with E-state index < -0.39 is 46.2 Å². The molecule has 0 unspecified atom stereocenters. The average Bonchev–Trinajstić information content (AvgIpc) is 2.12. The van der Waals surface area contributed by atoms with Gasteiger partial charge in [0.25, 0.3) is 0 Å². The van der Waals surface area contributed by atoms with Gasteiger partial charge in [-0.05, 0) is 6.04 Å². The first kappa shape index (κ1) is 16.5. The third kappa shape index (κ3) is 2.87. The summed E-state index contributed by atoms with van der Waals surface area (Å²) in [5.41, 5.74) is 0. The molecule has 0 aliphatic rings. The lowest BCUT2D eigenvalue weighted by molar-refractivity contribution is -0.396. The third-order valence-electron chi connectivity index (χ3n) is 1.84. The van der Waals surface area contributed by atoms with Crippen LogP contribution in [0.25, 0.3) is 0 Å². The monoisotopic (exact) mass is 293 g/mol. The zero-order valence-electron chi connectivity index (χ0n) is 7.93. The van der Waals surface area contributed by atoms with Crippen LogP contribution < -0.4 is 0 Å². The van der Waals surface area contributed by atoms with Gasteiger partial charge in [0.1, 0.15) is 0 Å². The molecule has 0 amide bonds. The van der Waals surface area contributed by atoms with Crippen LogP contribution in [0.2, 0.25) is 6.04 Å². The molecule has 0 fully saturated rings. The summed E-state index contributed by atoms with van der Waals surface area (Å²) in [5.74, 6) is -19.0. The normalized spacial score (nSPS) is 15.9. The van der Waals surface area contributed by atoms with Gasteiger partial charge in [0, 0.05) is 6.42 Å². The number of alkyl halides is 9. The van der Waals surface area contributed by atoms with Crippen LogP contribution in [-0.2, 0) is 4.80 Å². The molecular weight excluding hydrogens is 287 g/mol. The van der Waals surface area contributed by atoms with Crippen molar-refractivity contribution in [3.63, 3.8) is 0 Å². The zero-order chi connectivity index (χ0) is 14.1. The summed E-state index contributed by atoms with van der Waals surface area (Å²) in [5, 5.41) is 0. The van der Waals surface area contributed by atoms with Gasteiger partial charge in [0.15, 0.2) is 0 Å². The molecule has 0 aliphatic carbocycles. The van der Waals surface area contributed by atoms with Gasteiger partial charge in [-0.2, -0.15) is 39.5 Å². The lowest BCUT2D eigenvalue weighted by Crippen LogP contribution is -2.60. The largest absolute Gasteiger partial charge is 0.460 e. The van der Waals surface area contributed by atoms with E-state index in [9.17, 15) is 44.3 Å². The van der Waals surface area contributed by atoms with E-state index >= 15 is 0 Å². The molecule has 0 spiro atoms. The van der Waals surface area contributed by atoms with Gasteiger partial charge >= 0.3 is 23.9 Å². The van der Waals surface area contributed by atoms with Crippen LogP contribution in [0.1, 0.15) is 6.42 Å². The van der Waals surface area contributed by atoms with Crippen molar-refractivity contribution in [3.05, 3.63) is 0 Å². The van der Waals surface area contributed by atoms with Crippen molar-refractivity contribution in [3.8, 4) is 0 Å². The third-order valence-corrected chi connectivity index (χ3v) is 2.49. The molecule has 0 N–H and O–H groups in total. The van der Waals surface area contributed by atoms with Gasteiger partial charge in [-0.3, -0.25) is 0 Å². The topological polar surface area (TPSA) is 19.9 Å². The maximum atomic E-state index is 12.6. The first-order chi connectivity index (χ1) is 7.31. The predicted octanol–water partition coefficient (Wildman–Crippen LogP) is 2.78. The summed E-state index contributed by atoms with van der Waals surface area (Å²) in [6, 6.07) is -1.00. The van der Waals surface area contributed by atoms with Crippen LogP contribution in [0.3, 0.4) is 0 Å². The summed E-state index contributed by atoms with van der Waals surface area (Å²) in [6.07, 6.45) is -8.78. The molecule has 0 aliphatic heterocycles. The minimum Gasteiger partial charge on any atom is -0.306 e. The van der Waals surface area contributed by atoms with Crippen molar-refractivity contribution in [1.82, 2.24) is 0 Å². The number of hydrogen-bond donors (Lipinski definition) is 0. The first-order valence-corrected chi connectivity index (χ1v) is 5.67. The molecule has 0 aromatic carbocycles.